The van der Waals surface area contributed by atoms with Crippen LogP contribution in [0.15, 0.2) is 54.6 Å². The number of anilines is 1. The summed E-state index contributed by atoms with van der Waals surface area (Å²) in [4.78, 5) is 27.8. The van der Waals surface area contributed by atoms with Gasteiger partial charge in [0.25, 0.3) is 5.91 Å². The molecule has 0 radical (unpaired) electrons. The molecule has 1 saturated heterocycles. The van der Waals surface area contributed by atoms with Crippen LogP contribution in [-0.4, -0.2) is 36.4 Å². The summed E-state index contributed by atoms with van der Waals surface area (Å²) in [5, 5.41) is 0. The van der Waals surface area contributed by atoms with Crippen molar-refractivity contribution in [1.82, 2.24) is 4.90 Å². The highest BCUT2D eigenvalue weighted by atomic mass is 16.5. The van der Waals surface area contributed by atoms with Crippen LogP contribution in [0.4, 0.5) is 5.69 Å². The van der Waals surface area contributed by atoms with Crippen LogP contribution in [0.25, 0.3) is 0 Å². The Balaban J connectivity index is 1.57. The van der Waals surface area contributed by atoms with Crippen LogP contribution in [0, 0.1) is 0 Å². The quantitative estimate of drug-likeness (QED) is 0.802. The Kier molecular flexibility index (Phi) is 5.56. The Labute approximate surface area is 154 Å². The SMILES string of the molecule is C[C@@H](Oc1ccc(N2CCCC2=O)cc1)C(=O)N(C)Cc1ccccc1. The van der Waals surface area contributed by atoms with Gasteiger partial charge in [-0.15, -0.1) is 0 Å². The molecule has 136 valence electrons. The number of hydrogen-bond donors (Lipinski definition) is 0. The van der Waals surface area contributed by atoms with Gasteiger partial charge in [-0.05, 0) is 43.2 Å². The number of nitrogens with zero attached hydrogens (tertiary/aromatic N) is 2. The van der Waals surface area contributed by atoms with Crippen molar-refractivity contribution in [2.75, 3.05) is 18.5 Å². The zero-order chi connectivity index (χ0) is 18.5. The Bertz CT molecular complexity index is 759. The standard InChI is InChI=1S/C21H24N2O3/c1-16(21(25)22(2)15-17-7-4-3-5-8-17)26-19-12-10-18(11-13-19)23-14-6-9-20(23)24/h3-5,7-8,10-13,16H,6,9,14-15H2,1-2H3/t16-/m1/s1. The fourth-order valence-electron chi connectivity index (χ4n) is 3.13. The summed E-state index contributed by atoms with van der Waals surface area (Å²) < 4.78 is 5.78. The van der Waals surface area contributed by atoms with E-state index in [1.54, 1.807) is 23.8 Å². The predicted octanol–water partition coefficient (Wildman–Crippen LogP) is 3.24. The van der Waals surface area contributed by atoms with Crippen molar-refractivity contribution in [3.63, 3.8) is 0 Å². The summed E-state index contributed by atoms with van der Waals surface area (Å²) in [5.74, 6) is 0.701. The van der Waals surface area contributed by atoms with E-state index in [4.69, 9.17) is 4.74 Å². The third-order valence-corrected chi connectivity index (χ3v) is 4.52. The average Bonchev–Trinajstić information content (AvgIpc) is 3.08. The molecule has 2 aromatic rings. The maximum Gasteiger partial charge on any atom is 0.263 e. The maximum atomic E-state index is 12.5. The molecule has 5 heteroatoms. The molecule has 0 bridgehead atoms. The molecule has 5 nitrogen and oxygen atoms in total. The van der Waals surface area contributed by atoms with Gasteiger partial charge in [0, 0.05) is 32.2 Å². The Morgan fingerprint density at radius 2 is 1.85 bits per heavy atom. The first kappa shape index (κ1) is 18.0. The van der Waals surface area contributed by atoms with Gasteiger partial charge in [-0.2, -0.15) is 0 Å². The summed E-state index contributed by atoms with van der Waals surface area (Å²) >= 11 is 0. The van der Waals surface area contributed by atoms with Crippen LogP contribution in [0.3, 0.4) is 0 Å². The van der Waals surface area contributed by atoms with Crippen LogP contribution < -0.4 is 9.64 Å². The number of ether oxygens (including phenoxy) is 1. The van der Waals surface area contributed by atoms with Crippen molar-refractivity contribution in [3.05, 3.63) is 60.2 Å². The predicted molar refractivity (Wildman–Crippen MR) is 101 cm³/mol. The first-order chi connectivity index (χ1) is 12.5. The van der Waals surface area contributed by atoms with Crippen LogP contribution in [0.2, 0.25) is 0 Å². The molecule has 0 aliphatic carbocycles. The van der Waals surface area contributed by atoms with Gasteiger partial charge < -0.3 is 14.5 Å². The second-order valence-electron chi connectivity index (χ2n) is 6.58. The molecule has 1 atom stereocenters. The lowest BCUT2D eigenvalue weighted by Crippen LogP contribution is -2.37. The molecule has 0 N–H and O–H groups in total. The highest BCUT2D eigenvalue weighted by Gasteiger charge is 2.22. The van der Waals surface area contributed by atoms with Crippen molar-refractivity contribution in [1.29, 1.82) is 0 Å². The summed E-state index contributed by atoms with van der Waals surface area (Å²) in [5.41, 5.74) is 1.95. The van der Waals surface area contributed by atoms with Gasteiger partial charge in [0.2, 0.25) is 5.91 Å². The second kappa shape index (κ2) is 8.04. The summed E-state index contributed by atoms with van der Waals surface area (Å²) in [7, 11) is 1.78. The first-order valence-corrected chi connectivity index (χ1v) is 8.90. The van der Waals surface area contributed by atoms with Crippen LogP contribution in [-0.2, 0) is 16.1 Å². The van der Waals surface area contributed by atoms with E-state index in [2.05, 4.69) is 0 Å². The third-order valence-electron chi connectivity index (χ3n) is 4.52. The fraction of sp³-hybridized carbons (Fsp3) is 0.333. The summed E-state index contributed by atoms with van der Waals surface area (Å²) in [6.07, 6.45) is 0.927. The molecule has 0 aromatic heterocycles. The van der Waals surface area contributed by atoms with Crippen LogP contribution in [0.5, 0.6) is 5.75 Å². The van der Waals surface area contributed by atoms with Gasteiger partial charge in [-0.3, -0.25) is 9.59 Å². The number of benzene rings is 2. The number of amides is 2. The van der Waals surface area contributed by atoms with E-state index in [1.807, 2.05) is 54.6 Å². The minimum absolute atomic E-state index is 0.0762. The van der Waals surface area contributed by atoms with E-state index >= 15 is 0 Å². The van der Waals surface area contributed by atoms with Crippen molar-refractivity contribution < 1.29 is 14.3 Å². The number of likely N-dealkylation sites (N-methyl/N-ethyl adjacent to an activating group) is 1. The smallest absolute Gasteiger partial charge is 0.263 e. The van der Waals surface area contributed by atoms with Gasteiger partial charge >= 0.3 is 0 Å². The number of carbonyl (C=O) groups is 2. The Morgan fingerprint density at radius 3 is 2.46 bits per heavy atom. The van der Waals surface area contributed by atoms with Crippen molar-refractivity contribution >= 4 is 17.5 Å². The number of carbonyl (C=O) groups excluding carboxylic acids is 2. The molecule has 0 spiro atoms. The lowest BCUT2D eigenvalue weighted by Gasteiger charge is -2.22. The van der Waals surface area contributed by atoms with E-state index in [-0.39, 0.29) is 11.8 Å². The number of rotatable bonds is 6. The highest BCUT2D eigenvalue weighted by molar-refractivity contribution is 5.95. The lowest BCUT2D eigenvalue weighted by molar-refractivity contribution is -0.137. The van der Waals surface area contributed by atoms with Crippen molar-refractivity contribution in [2.45, 2.75) is 32.4 Å². The van der Waals surface area contributed by atoms with E-state index in [1.165, 1.54) is 0 Å². The molecule has 1 aliphatic heterocycles. The minimum Gasteiger partial charge on any atom is -0.481 e. The largest absolute Gasteiger partial charge is 0.481 e. The monoisotopic (exact) mass is 352 g/mol. The summed E-state index contributed by atoms with van der Waals surface area (Å²) in [6, 6.07) is 17.2. The van der Waals surface area contributed by atoms with Crippen molar-refractivity contribution in [2.24, 2.45) is 0 Å². The molecular formula is C21H24N2O3. The molecule has 1 fully saturated rings. The normalized spacial score (nSPS) is 15.0. The topological polar surface area (TPSA) is 49.9 Å². The van der Waals surface area contributed by atoms with E-state index in [9.17, 15) is 9.59 Å². The molecule has 3 rings (SSSR count). The number of hydrogen-bond acceptors (Lipinski definition) is 3. The minimum atomic E-state index is -0.581. The van der Waals surface area contributed by atoms with E-state index in [0.717, 1.165) is 24.2 Å². The highest BCUT2D eigenvalue weighted by Crippen LogP contribution is 2.24. The van der Waals surface area contributed by atoms with Crippen LogP contribution >= 0.6 is 0 Å². The van der Waals surface area contributed by atoms with Gasteiger partial charge in [0.15, 0.2) is 6.10 Å². The summed E-state index contributed by atoms with van der Waals surface area (Å²) in [6.45, 7) is 3.06. The molecule has 0 unspecified atom stereocenters. The van der Waals surface area contributed by atoms with Gasteiger partial charge in [0.05, 0.1) is 0 Å². The Hall–Kier alpha value is -2.82. The van der Waals surface area contributed by atoms with E-state index < -0.39 is 6.10 Å². The maximum absolute atomic E-state index is 12.5. The average molecular weight is 352 g/mol. The Morgan fingerprint density at radius 1 is 1.15 bits per heavy atom. The van der Waals surface area contributed by atoms with Crippen LogP contribution in [0.1, 0.15) is 25.3 Å². The zero-order valence-corrected chi connectivity index (χ0v) is 15.2. The lowest BCUT2D eigenvalue weighted by atomic mass is 10.2. The van der Waals surface area contributed by atoms with E-state index in [0.29, 0.717) is 18.7 Å². The molecule has 2 aromatic carbocycles. The van der Waals surface area contributed by atoms with Gasteiger partial charge in [-0.25, -0.2) is 0 Å². The molecule has 1 aliphatic rings. The molecule has 1 heterocycles. The third kappa shape index (κ3) is 4.23. The van der Waals surface area contributed by atoms with Crippen molar-refractivity contribution in [3.8, 4) is 5.75 Å². The molecule has 2 amide bonds. The first-order valence-electron chi connectivity index (χ1n) is 8.90. The fourth-order valence-corrected chi connectivity index (χ4v) is 3.13. The molecular weight excluding hydrogens is 328 g/mol. The van der Waals surface area contributed by atoms with Gasteiger partial charge in [0.1, 0.15) is 5.75 Å². The molecule has 0 saturated carbocycles. The molecule has 26 heavy (non-hydrogen) atoms. The van der Waals surface area contributed by atoms with Gasteiger partial charge in [-0.1, -0.05) is 30.3 Å². The second-order valence-corrected chi connectivity index (χ2v) is 6.58. The zero-order valence-electron chi connectivity index (χ0n) is 15.2.